The van der Waals surface area contributed by atoms with Crippen molar-refractivity contribution in [2.75, 3.05) is 18.5 Å². The largest absolute Gasteiger partial charge is 0.484 e. The minimum Gasteiger partial charge on any atom is -0.484 e. The molecule has 46 heavy (non-hydrogen) atoms. The van der Waals surface area contributed by atoms with E-state index in [-0.39, 0.29) is 37.3 Å². The normalized spacial score (nSPS) is 12.9. The number of carbonyl (C=O) groups excluding carboxylic acids is 3. The molecule has 0 aliphatic heterocycles. The Hall–Kier alpha value is -4.76. The SMILES string of the molecule is CCOC(=O)c1c(NC(=O)C(C)Sc2nnc(CNC(=O)COc3ccccc3)n2-c2ccc([N+](=O)[O-])cc2)sc2c1CCCC2. The van der Waals surface area contributed by atoms with Crippen LogP contribution in [0.25, 0.3) is 5.69 Å². The summed E-state index contributed by atoms with van der Waals surface area (Å²) in [4.78, 5) is 50.7. The van der Waals surface area contributed by atoms with E-state index < -0.39 is 16.1 Å². The smallest absolute Gasteiger partial charge is 0.341 e. The Labute approximate surface area is 272 Å². The number of esters is 1. The summed E-state index contributed by atoms with van der Waals surface area (Å²) in [6.07, 6.45) is 3.60. The predicted octanol–water partition coefficient (Wildman–Crippen LogP) is 5.11. The molecule has 1 atom stereocenters. The van der Waals surface area contributed by atoms with Crippen molar-refractivity contribution in [2.24, 2.45) is 0 Å². The topological polar surface area (TPSA) is 168 Å². The van der Waals surface area contributed by atoms with Crippen molar-refractivity contribution < 1.29 is 28.8 Å². The molecular formula is C31H32N6O7S2. The highest BCUT2D eigenvalue weighted by Crippen LogP contribution is 2.39. The van der Waals surface area contributed by atoms with Gasteiger partial charge in [-0.3, -0.25) is 24.3 Å². The molecule has 2 aromatic heterocycles. The van der Waals surface area contributed by atoms with Crippen molar-refractivity contribution in [3.8, 4) is 11.4 Å². The molecule has 0 saturated heterocycles. The lowest BCUT2D eigenvalue weighted by molar-refractivity contribution is -0.384. The second-order valence-corrected chi connectivity index (χ2v) is 12.7. The second-order valence-electron chi connectivity index (χ2n) is 10.3. The molecule has 2 heterocycles. The average Bonchev–Trinajstić information content (AvgIpc) is 3.63. The molecule has 5 rings (SSSR count). The molecule has 4 aromatic rings. The van der Waals surface area contributed by atoms with Gasteiger partial charge in [0, 0.05) is 22.7 Å². The standard InChI is InChI=1S/C31H32N6O7S2/c1-3-43-30(40)27-23-11-7-8-12-24(23)46-29(27)33-28(39)19(2)45-31-35-34-25(36(31)20-13-15-21(16-14-20)37(41)42)17-32-26(38)18-44-22-9-5-4-6-10-22/h4-6,9-10,13-16,19H,3,7-8,11-12,17-18H2,1-2H3,(H,32,38)(H,33,39). The summed E-state index contributed by atoms with van der Waals surface area (Å²) in [6.45, 7) is 3.44. The fourth-order valence-electron chi connectivity index (χ4n) is 4.87. The summed E-state index contributed by atoms with van der Waals surface area (Å²) in [5.41, 5.74) is 1.79. The number of benzene rings is 2. The molecular weight excluding hydrogens is 633 g/mol. The van der Waals surface area contributed by atoms with E-state index in [9.17, 15) is 24.5 Å². The highest BCUT2D eigenvalue weighted by molar-refractivity contribution is 8.00. The van der Waals surface area contributed by atoms with Crippen molar-refractivity contribution in [1.82, 2.24) is 20.1 Å². The number of para-hydroxylation sites is 1. The second kappa shape index (κ2) is 15.0. The molecule has 2 amide bonds. The van der Waals surface area contributed by atoms with E-state index in [1.54, 1.807) is 54.8 Å². The number of rotatable bonds is 13. The zero-order valence-corrected chi connectivity index (χ0v) is 26.8. The fourth-order valence-corrected chi connectivity index (χ4v) is 7.03. The van der Waals surface area contributed by atoms with Gasteiger partial charge in [0.1, 0.15) is 10.8 Å². The number of ether oxygens (including phenoxy) is 2. The Balaban J connectivity index is 1.34. The van der Waals surface area contributed by atoms with Crippen LogP contribution in [0.1, 0.15) is 53.3 Å². The Kier molecular flexibility index (Phi) is 10.6. The number of non-ortho nitro benzene ring substituents is 1. The van der Waals surface area contributed by atoms with E-state index in [0.29, 0.717) is 33.0 Å². The van der Waals surface area contributed by atoms with Gasteiger partial charge >= 0.3 is 5.97 Å². The van der Waals surface area contributed by atoms with Crippen LogP contribution in [0.15, 0.2) is 59.8 Å². The summed E-state index contributed by atoms with van der Waals surface area (Å²) in [5, 5.41) is 25.6. The Morgan fingerprint density at radius 1 is 1.09 bits per heavy atom. The summed E-state index contributed by atoms with van der Waals surface area (Å²) >= 11 is 2.53. The lowest BCUT2D eigenvalue weighted by Gasteiger charge is -2.15. The van der Waals surface area contributed by atoms with E-state index in [1.807, 2.05) is 6.07 Å². The summed E-state index contributed by atoms with van der Waals surface area (Å²) < 4.78 is 12.4. The number of fused-ring (bicyclic) bond motifs is 1. The first-order chi connectivity index (χ1) is 22.2. The van der Waals surface area contributed by atoms with E-state index in [4.69, 9.17) is 9.47 Å². The van der Waals surface area contributed by atoms with E-state index in [1.165, 1.54) is 23.5 Å². The number of nitro benzene ring substituents is 1. The van der Waals surface area contributed by atoms with Crippen LogP contribution >= 0.6 is 23.1 Å². The predicted molar refractivity (Wildman–Crippen MR) is 173 cm³/mol. The summed E-state index contributed by atoms with van der Waals surface area (Å²) in [7, 11) is 0. The molecule has 0 spiro atoms. The van der Waals surface area contributed by atoms with Gasteiger partial charge < -0.3 is 20.1 Å². The van der Waals surface area contributed by atoms with Gasteiger partial charge in [-0.2, -0.15) is 0 Å². The highest BCUT2D eigenvalue weighted by atomic mass is 32.2. The van der Waals surface area contributed by atoms with Crippen LogP contribution in [0.4, 0.5) is 10.7 Å². The molecule has 1 aliphatic carbocycles. The number of thioether (sulfide) groups is 1. The maximum Gasteiger partial charge on any atom is 0.341 e. The third-order valence-corrected chi connectivity index (χ3v) is 9.36. The van der Waals surface area contributed by atoms with Gasteiger partial charge in [-0.25, -0.2) is 4.79 Å². The van der Waals surface area contributed by atoms with Crippen molar-refractivity contribution in [3.63, 3.8) is 0 Å². The Bertz CT molecular complexity index is 1720. The maximum absolute atomic E-state index is 13.5. The van der Waals surface area contributed by atoms with Gasteiger partial charge in [0.2, 0.25) is 5.91 Å². The molecule has 13 nitrogen and oxygen atoms in total. The number of thiophene rings is 1. The number of nitrogens with one attached hydrogen (secondary N) is 2. The molecule has 0 radical (unpaired) electrons. The minimum atomic E-state index is -0.683. The van der Waals surface area contributed by atoms with Crippen LogP contribution in [0.2, 0.25) is 0 Å². The first kappa shape index (κ1) is 32.6. The molecule has 0 saturated carbocycles. The summed E-state index contributed by atoms with van der Waals surface area (Å²) in [5.74, 6) is -0.293. The minimum absolute atomic E-state index is 0.0221. The number of carbonyl (C=O) groups is 3. The molecule has 240 valence electrons. The van der Waals surface area contributed by atoms with Gasteiger partial charge in [-0.1, -0.05) is 30.0 Å². The number of hydrogen-bond donors (Lipinski definition) is 2. The third-order valence-electron chi connectivity index (χ3n) is 7.11. The van der Waals surface area contributed by atoms with Crippen LogP contribution in [-0.2, 0) is 33.7 Å². The lowest BCUT2D eigenvalue weighted by atomic mass is 9.95. The van der Waals surface area contributed by atoms with E-state index in [0.717, 1.165) is 47.9 Å². The monoisotopic (exact) mass is 664 g/mol. The molecule has 2 aromatic carbocycles. The third kappa shape index (κ3) is 7.72. The fraction of sp³-hybridized carbons (Fsp3) is 0.323. The number of nitro groups is 1. The van der Waals surface area contributed by atoms with Crippen LogP contribution in [0, 0.1) is 10.1 Å². The number of aryl methyl sites for hydroxylation is 1. The summed E-state index contributed by atoms with van der Waals surface area (Å²) in [6, 6.07) is 14.7. The molecule has 15 heteroatoms. The van der Waals surface area contributed by atoms with Gasteiger partial charge in [-0.15, -0.1) is 21.5 Å². The molecule has 0 bridgehead atoms. The number of hydrogen-bond acceptors (Lipinski definition) is 11. The van der Waals surface area contributed by atoms with E-state index in [2.05, 4.69) is 20.8 Å². The van der Waals surface area contributed by atoms with Crippen LogP contribution in [-0.4, -0.2) is 55.9 Å². The lowest BCUT2D eigenvalue weighted by Crippen LogP contribution is -2.29. The van der Waals surface area contributed by atoms with E-state index >= 15 is 0 Å². The van der Waals surface area contributed by atoms with Crippen molar-refractivity contribution >= 4 is 51.6 Å². The van der Waals surface area contributed by atoms with Gasteiger partial charge in [-0.05, 0) is 69.4 Å². The van der Waals surface area contributed by atoms with Crippen molar-refractivity contribution in [1.29, 1.82) is 0 Å². The van der Waals surface area contributed by atoms with Crippen LogP contribution in [0.3, 0.4) is 0 Å². The average molecular weight is 665 g/mol. The zero-order valence-electron chi connectivity index (χ0n) is 25.2. The molecule has 0 fully saturated rings. The molecule has 1 unspecified atom stereocenters. The first-order valence-corrected chi connectivity index (χ1v) is 16.4. The number of amides is 2. The molecule has 1 aliphatic rings. The van der Waals surface area contributed by atoms with Crippen LogP contribution in [0.5, 0.6) is 5.75 Å². The quantitative estimate of drug-likeness (QED) is 0.0849. The highest BCUT2D eigenvalue weighted by Gasteiger charge is 2.29. The Morgan fingerprint density at radius 3 is 2.54 bits per heavy atom. The van der Waals surface area contributed by atoms with Crippen LogP contribution < -0.4 is 15.4 Å². The van der Waals surface area contributed by atoms with Gasteiger partial charge in [0.15, 0.2) is 17.6 Å². The Morgan fingerprint density at radius 2 is 1.83 bits per heavy atom. The number of aromatic nitrogens is 3. The van der Waals surface area contributed by atoms with Gasteiger partial charge in [0.05, 0.1) is 28.9 Å². The molecule has 2 N–H and O–H groups in total. The maximum atomic E-state index is 13.5. The number of anilines is 1. The first-order valence-electron chi connectivity index (χ1n) is 14.7. The zero-order chi connectivity index (χ0) is 32.6. The number of nitrogens with zero attached hydrogens (tertiary/aromatic N) is 4. The van der Waals surface area contributed by atoms with Crippen molar-refractivity contribution in [2.45, 2.75) is 56.5 Å². The van der Waals surface area contributed by atoms with Crippen molar-refractivity contribution in [3.05, 3.63) is 86.5 Å². The van der Waals surface area contributed by atoms with Gasteiger partial charge in [0.25, 0.3) is 11.6 Å².